The average molecular weight is 1070 g/mol. The van der Waals surface area contributed by atoms with E-state index in [-0.39, 0.29) is 6.61 Å². The van der Waals surface area contributed by atoms with Gasteiger partial charge in [0.05, 0.1) is 11.0 Å². The molecular weight excluding hydrogens is 1050 g/mol. The highest BCUT2D eigenvalue weighted by atomic mass is 16.7. The van der Waals surface area contributed by atoms with E-state index in [2.05, 4.69) is 4.57 Å². The summed E-state index contributed by atoms with van der Waals surface area (Å²) in [6.45, 7) is 5.02. The zero-order chi connectivity index (χ0) is 52.7. The van der Waals surface area contributed by atoms with Crippen molar-refractivity contribution < 1.29 is 42.9 Å². The van der Waals surface area contributed by atoms with Gasteiger partial charge in [0, 0.05) is 340 Å². The topological polar surface area (TPSA) is 119 Å². The van der Waals surface area contributed by atoms with Gasteiger partial charge in [0.15, 0.2) is 24.5 Å². The number of rotatable bonds is 6. The van der Waals surface area contributed by atoms with Crippen molar-refractivity contribution in [3.8, 4) is 0 Å². The number of benzene rings is 19. The van der Waals surface area contributed by atoms with Crippen molar-refractivity contribution >= 4 is 347 Å². The van der Waals surface area contributed by atoms with Crippen molar-refractivity contribution in [2.75, 3.05) is 6.61 Å². The summed E-state index contributed by atoms with van der Waals surface area (Å²) in [4.78, 5) is 54.3. The third kappa shape index (κ3) is 2.31. The molecule has 1 saturated heterocycles. The molecule has 374 valence electrons. The van der Waals surface area contributed by atoms with Crippen molar-refractivity contribution in [2.45, 2.75) is 58.3 Å². The number of aromatic nitrogens is 1. The van der Waals surface area contributed by atoms with Gasteiger partial charge < -0.3 is 28.3 Å². The van der Waals surface area contributed by atoms with Gasteiger partial charge in [0.2, 0.25) is 0 Å². The first kappa shape index (κ1) is 35.6. The normalized spacial score (nSPS) is 21.4. The van der Waals surface area contributed by atoms with Gasteiger partial charge in [0.25, 0.3) is 0 Å². The summed E-state index contributed by atoms with van der Waals surface area (Å²) < 4.78 is 35.2. The Morgan fingerprint density at radius 3 is 0.643 bits per heavy atom. The van der Waals surface area contributed by atoms with Gasteiger partial charge in [-0.05, 0) is 0 Å². The largest absolute Gasteiger partial charge is 0.463 e. The molecule has 2 heterocycles. The SMILES string of the molecule is CC(=O)OC[C@H]1O[C@@H](n2c3c4c5c6c7c8c9c%10c%11c%12c%13c%10c%10c8c8c%14c%10c%10c%13c%13c%15c%12c%12c%16c%11c%11c9c7c7c9c%11c%16c%11c%16c%12c%15c%12c%15c%13c%10c%10c%14c(c4c86)c4c%10c%15c6c%12c%16c8c%11c9c(c75)c3c8c6c42)[C@H](OC(C)=O)[C@@H](OC(C)=O)[C@@H]1OC(C)=O. The molecule has 10 nitrogen and oxygen atoms in total. The summed E-state index contributed by atoms with van der Waals surface area (Å²) in [7, 11) is 0. The number of carbonyl (C=O) groups is 4. The molecule has 32 rings (SSSR count). The first-order chi connectivity index (χ1) is 41.2. The zero-order valence-electron chi connectivity index (χ0n) is 43.7. The minimum Gasteiger partial charge on any atom is -0.463 e. The molecule has 0 aliphatic carbocycles. The number of pyridine rings is 1. The fraction of sp³-hybridized carbons (Fsp3) is 0.135. The van der Waals surface area contributed by atoms with E-state index in [0.29, 0.717) is 0 Å². The molecule has 10 heteroatoms. The summed E-state index contributed by atoms with van der Waals surface area (Å²) in [5.74, 6) is -2.44. The summed E-state index contributed by atoms with van der Waals surface area (Å²) >= 11 is 0. The van der Waals surface area contributed by atoms with Crippen LogP contribution in [0, 0.1) is 0 Å². The molecular formula is C74H19NO9. The predicted molar refractivity (Wildman–Crippen MR) is 335 cm³/mol. The molecule has 0 amide bonds. The van der Waals surface area contributed by atoms with Crippen LogP contribution < -0.4 is 0 Å². The molecule has 1 aliphatic heterocycles. The van der Waals surface area contributed by atoms with Crippen LogP contribution in [-0.4, -0.2) is 59.5 Å². The second kappa shape index (κ2) is 8.87. The minimum absolute atomic E-state index is 0.315. The van der Waals surface area contributed by atoms with Crippen molar-refractivity contribution in [2.24, 2.45) is 0 Å². The molecule has 1 aromatic heterocycles. The van der Waals surface area contributed by atoms with E-state index >= 15 is 0 Å². The lowest BCUT2D eigenvalue weighted by Crippen LogP contribution is -2.60. The summed E-state index contributed by atoms with van der Waals surface area (Å²) in [6.07, 6.45) is -6.35. The van der Waals surface area contributed by atoms with Crippen LogP contribution in [0.1, 0.15) is 33.9 Å². The second-order valence-electron chi connectivity index (χ2n) is 27.9. The van der Waals surface area contributed by atoms with E-state index in [4.69, 9.17) is 23.7 Å². The van der Waals surface area contributed by atoms with Gasteiger partial charge in [-0.15, -0.1) is 0 Å². The third-order valence-electron chi connectivity index (χ3n) is 25.9. The number of hydrogen-bond acceptors (Lipinski definition) is 9. The van der Waals surface area contributed by atoms with Crippen molar-refractivity contribution in [3.63, 3.8) is 0 Å². The number of hydrogen-bond donors (Lipinski definition) is 0. The predicted octanol–water partition coefficient (Wildman–Crippen LogP) is 17.3. The van der Waals surface area contributed by atoms with Gasteiger partial charge in [-0.1, -0.05) is 0 Å². The third-order valence-corrected chi connectivity index (χ3v) is 25.9. The van der Waals surface area contributed by atoms with Crippen LogP contribution in [0.3, 0.4) is 0 Å². The molecule has 1 aliphatic rings. The van der Waals surface area contributed by atoms with Gasteiger partial charge in [-0.2, -0.15) is 0 Å². The van der Waals surface area contributed by atoms with E-state index in [1.807, 2.05) is 0 Å². The highest BCUT2D eigenvalue weighted by Crippen LogP contribution is 2.80. The van der Waals surface area contributed by atoms with Gasteiger partial charge in [-0.3, -0.25) is 19.2 Å². The molecule has 84 heavy (non-hydrogen) atoms. The number of carbonyl (C=O) groups excluding carboxylic acids is 4. The monoisotopic (exact) mass is 1070 g/mol. The first-order valence-corrected chi connectivity index (χ1v) is 29.8. The molecule has 0 bridgehead atoms. The molecule has 31 aromatic rings. The van der Waals surface area contributed by atoms with Crippen molar-refractivity contribution in [1.82, 2.24) is 4.57 Å². The lowest BCUT2D eigenvalue weighted by atomic mass is 9.84. The van der Waals surface area contributed by atoms with Gasteiger partial charge >= 0.3 is 23.9 Å². The second-order valence-corrected chi connectivity index (χ2v) is 27.9. The van der Waals surface area contributed by atoms with E-state index in [9.17, 15) is 19.2 Å². The van der Waals surface area contributed by atoms with E-state index < -0.39 is 54.5 Å². The molecule has 30 aromatic carbocycles. The lowest BCUT2D eigenvalue weighted by molar-refractivity contribution is -0.267. The first-order valence-electron chi connectivity index (χ1n) is 29.8. The van der Waals surface area contributed by atoms with Crippen LogP contribution in [0.25, 0.3) is 323 Å². The van der Waals surface area contributed by atoms with Gasteiger partial charge in [-0.25, -0.2) is 0 Å². The molecule has 0 N–H and O–H groups in total. The quantitative estimate of drug-likeness (QED) is 0.0694. The fourth-order valence-electron chi connectivity index (χ4n) is 25.2. The Morgan fingerprint density at radius 1 is 0.262 bits per heavy atom. The highest BCUT2D eigenvalue weighted by molar-refractivity contribution is 6.84. The molecule has 0 spiro atoms. The van der Waals surface area contributed by atoms with Crippen LogP contribution in [0.2, 0.25) is 0 Å². The number of ether oxygens (including phenoxy) is 5. The molecule has 0 unspecified atom stereocenters. The van der Waals surface area contributed by atoms with Crippen LogP contribution >= 0.6 is 0 Å². The highest BCUT2D eigenvalue weighted by Gasteiger charge is 2.56. The fourth-order valence-corrected chi connectivity index (χ4v) is 25.2. The van der Waals surface area contributed by atoms with Crippen LogP contribution in [0.4, 0.5) is 0 Å². The smallest absolute Gasteiger partial charge is 0.303 e. The molecule has 0 saturated carbocycles. The van der Waals surface area contributed by atoms with E-state index in [1.54, 1.807) is 0 Å². The van der Waals surface area contributed by atoms with Gasteiger partial charge in [0.1, 0.15) is 12.7 Å². The van der Waals surface area contributed by atoms with Crippen molar-refractivity contribution in [3.05, 3.63) is 0 Å². The summed E-state index contributed by atoms with van der Waals surface area (Å²) in [6, 6.07) is 0. The Labute approximate surface area is 457 Å². The van der Waals surface area contributed by atoms with E-state index in [1.165, 1.54) is 340 Å². The van der Waals surface area contributed by atoms with E-state index in [0.717, 1.165) is 11.0 Å². The Bertz CT molecular complexity index is 7650. The zero-order valence-corrected chi connectivity index (χ0v) is 43.7. The van der Waals surface area contributed by atoms with Crippen LogP contribution in [0.15, 0.2) is 0 Å². The molecule has 0 radical (unpaired) electrons. The summed E-state index contributed by atoms with van der Waals surface area (Å²) in [5.41, 5.74) is 2.05. The standard InChI is InChI=1S/C74H19NO9/c1-6(76)80-5-10-71(81-7(2)77)72(82-8(3)78)73(83-9(4)79)74(84-10)75-69-65-58-51-39-31-22-13-11-12-14-17(13)26-33(31)41-42-34(26)32-23(14)25-21-16(12)19-18-15(11)20-24(22)37(39)45-43-29(20)27(18)35-36-28(19)30(21)44-46-38(25)40(32)52-54(42)63(62(65)53(41)51)66-59(52)57(46)61-50(44)48(36)55-47(35)49(43)60(56(45)58)67(69)64(55)68(61)70(66)75/h10,71-74H,5H2,1-4H3/t10-,71-,72+,73-,74-/m1/s1. The Hall–Kier alpha value is -10.2. The minimum atomic E-state index is -1.36. The molecule has 5 atom stereocenters. The summed E-state index contributed by atoms with van der Waals surface area (Å²) in [5, 5.41) is 82.5. The van der Waals surface area contributed by atoms with Crippen LogP contribution in [-0.2, 0) is 42.9 Å². The maximum absolute atomic E-state index is 14.1. The Morgan fingerprint density at radius 2 is 0.440 bits per heavy atom. The number of esters is 4. The Kier molecular flexibility index (Phi) is 3.76. The average Bonchev–Trinajstić information content (AvgIpc) is 1.40. The lowest BCUT2D eigenvalue weighted by Gasteiger charge is -2.45. The molecule has 1 fully saturated rings. The maximum atomic E-state index is 14.1. The Balaban J connectivity index is 1.01. The van der Waals surface area contributed by atoms with Crippen LogP contribution in [0.5, 0.6) is 0 Å². The van der Waals surface area contributed by atoms with Crippen molar-refractivity contribution in [1.29, 1.82) is 0 Å². The number of fused-ring (bicyclic) bond motifs is 5. The number of nitrogens with zero attached hydrogens (tertiary/aromatic N) is 1. The maximum Gasteiger partial charge on any atom is 0.303 e.